The minimum atomic E-state index is -1.20. The molecule has 1 fully saturated rings. The predicted molar refractivity (Wildman–Crippen MR) is 59.7 cm³/mol. The third-order valence-corrected chi connectivity index (χ3v) is 2.90. The van der Waals surface area contributed by atoms with Gasteiger partial charge in [-0.2, -0.15) is 0 Å². The number of imide groups is 1. The van der Waals surface area contributed by atoms with Crippen molar-refractivity contribution >= 4 is 17.8 Å². The molecule has 6 nitrogen and oxygen atoms in total. The lowest BCUT2D eigenvalue weighted by Gasteiger charge is -2.17. The first kappa shape index (κ1) is 12.3. The van der Waals surface area contributed by atoms with E-state index in [1.807, 2.05) is 0 Å². The van der Waals surface area contributed by atoms with Crippen molar-refractivity contribution in [2.75, 3.05) is 0 Å². The van der Waals surface area contributed by atoms with E-state index in [-0.39, 0.29) is 24.1 Å². The molecule has 2 rings (SSSR count). The summed E-state index contributed by atoms with van der Waals surface area (Å²) in [5.74, 6) is -1.94. The Morgan fingerprint density at radius 1 is 1.28 bits per heavy atom. The van der Waals surface area contributed by atoms with Crippen LogP contribution in [-0.4, -0.2) is 27.8 Å². The van der Waals surface area contributed by atoms with Gasteiger partial charge in [-0.3, -0.25) is 14.5 Å². The number of likely N-dealkylation sites (tertiary alicyclic amines) is 1. The molecule has 0 radical (unpaired) electrons. The molecule has 2 heterocycles. The van der Waals surface area contributed by atoms with Gasteiger partial charge in [0.2, 0.25) is 17.6 Å². The molecule has 0 bridgehead atoms. The zero-order valence-corrected chi connectivity index (χ0v) is 9.72. The van der Waals surface area contributed by atoms with Crippen molar-refractivity contribution in [3.63, 3.8) is 0 Å². The standard InChI is InChI=1S/C12H13NO5/c14-9-3-1-2-4-10(15)13(9)7-8-5-6-18-11(8)12(16)17/h5-6H,1-4,7H2,(H,16,17). The van der Waals surface area contributed by atoms with Crippen molar-refractivity contribution in [3.05, 3.63) is 23.7 Å². The van der Waals surface area contributed by atoms with Gasteiger partial charge in [0.25, 0.3) is 0 Å². The number of aromatic carboxylic acids is 1. The van der Waals surface area contributed by atoms with Gasteiger partial charge in [0.1, 0.15) is 0 Å². The molecule has 0 aliphatic carbocycles. The molecule has 1 aliphatic heterocycles. The second kappa shape index (κ2) is 5.03. The number of rotatable bonds is 3. The van der Waals surface area contributed by atoms with Crippen LogP contribution in [0.2, 0.25) is 0 Å². The summed E-state index contributed by atoms with van der Waals surface area (Å²) in [6.45, 7) is -0.0319. The molecule has 0 unspecified atom stereocenters. The highest BCUT2D eigenvalue weighted by molar-refractivity contribution is 5.96. The molecule has 1 saturated heterocycles. The number of amides is 2. The Morgan fingerprint density at radius 3 is 2.44 bits per heavy atom. The van der Waals surface area contributed by atoms with E-state index in [0.29, 0.717) is 31.2 Å². The van der Waals surface area contributed by atoms with Gasteiger partial charge in [-0.25, -0.2) is 4.79 Å². The highest BCUT2D eigenvalue weighted by Gasteiger charge is 2.26. The van der Waals surface area contributed by atoms with Crippen molar-refractivity contribution in [1.29, 1.82) is 0 Å². The normalized spacial score (nSPS) is 16.8. The summed E-state index contributed by atoms with van der Waals surface area (Å²) in [6, 6.07) is 1.47. The Kier molecular flexibility index (Phi) is 3.45. The number of furan rings is 1. The minimum absolute atomic E-state index is 0.0319. The Labute approximate surface area is 103 Å². The van der Waals surface area contributed by atoms with Crippen LogP contribution in [0.3, 0.4) is 0 Å². The van der Waals surface area contributed by atoms with Crippen LogP contribution in [-0.2, 0) is 16.1 Å². The molecule has 0 saturated carbocycles. The number of carbonyl (C=O) groups excluding carboxylic acids is 2. The summed E-state index contributed by atoms with van der Waals surface area (Å²) in [7, 11) is 0. The molecule has 18 heavy (non-hydrogen) atoms. The summed E-state index contributed by atoms with van der Waals surface area (Å²) in [5, 5.41) is 8.89. The first-order valence-electron chi connectivity index (χ1n) is 5.72. The van der Waals surface area contributed by atoms with E-state index in [2.05, 4.69) is 0 Å². The largest absolute Gasteiger partial charge is 0.475 e. The molecule has 6 heteroatoms. The maximum atomic E-state index is 11.8. The SMILES string of the molecule is O=C(O)c1occc1CN1C(=O)CCCCC1=O. The topological polar surface area (TPSA) is 87.8 Å². The molecule has 1 aliphatic rings. The number of carboxylic acid groups (broad SMARTS) is 1. The smallest absolute Gasteiger partial charge is 0.372 e. The number of hydrogen-bond acceptors (Lipinski definition) is 4. The maximum absolute atomic E-state index is 11.8. The lowest BCUT2D eigenvalue weighted by Crippen LogP contribution is -2.34. The Hall–Kier alpha value is -2.11. The lowest BCUT2D eigenvalue weighted by atomic mass is 10.2. The van der Waals surface area contributed by atoms with Gasteiger partial charge in [-0.15, -0.1) is 0 Å². The van der Waals surface area contributed by atoms with Crippen molar-refractivity contribution in [1.82, 2.24) is 4.90 Å². The van der Waals surface area contributed by atoms with Crippen LogP contribution in [0.4, 0.5) is 0 Å². The van der Waals surface area contributed by atoms with Crippen LogP contribution in [0.15, 0.2) is 16.7 Å². The van der Waals surface area contributed by atoms with Crippen LogP contribution in [0.1, 0.15) is 41.8 Å². The summed E-state index contributed by atoms with van der Waals surface area (Å²) >= 11 is 0. The second-order valence-electron chi connectivity index (χ2n) is 4.16. The van der Waals surface area contributed by atoms with E-state index in [0.717, 1.165) is 4.90 Å². The monoisotopic (exact) mass is 251 g/mol. The number of carboxylic acids is 1. The van der Waals surface area contributed by atoms with Crippen LogP contribution < -0.4 is 0 Å². The molecule has 2 amide bonds. The van der Waals surface area contributed by atoms with Gasteiger partial charge in [-0.05, 0) is 18.9 Å². The van der Waals surface area contributed by atoms with E-state index in [9.17, 15) is 14.4 Å². The summed E-state index contributed by atoms with van der Waals surface area (Å²) < 4.78 is 4.82. The number of carbonyl (C=O) groups is 3. The molecule has 1 aromatic heterocycles. The van der Waals surface area contributed by atoms with Crippen LogP contribution >= 0.6 is 0 Å². The maximum Gasteiger partial charge on any atom is 0.372 e. The molecule has 0 atom stereocenters. The fraction of sp³-hybridized carbons (Fsp3) is 0.417. The number of nitrogens with zero attached hydrogens (tertiary/aromatic N) is 1. The summed E-state index contributed by atoms with van der Waals surface area (Å²) in [5.41, 5.74) is 0.339. The Morgan fingerprint density at radius 2 is 1.89 bits per heavy atom. The quantitative estimate of drug-likeness (QED) is 0.820. The molecule has 0 aromatic carbocycles. The van der Waals surface area contributed by atoms with Gasteiger partial charge in [-0.1, -0.05) is 0 Å². The van der Waals surface area contributed by atoms with E-state index in [1.165, 1.54) is 12.3 Å². The molecular weight excluding hydrogens is 238 g/mol. The molecule has 96 valence electrons. The third kappa shape index (κ3) is 2.42. The van der Waals surface area contributed by atoms with Gasteiger partial charge < -0.3 is 9.52 Å². The van der Waals surface area contributed by atoms with Gasteiger partial charge in [0, 0.05) is 18.4 Å². The molecular formula is C12H13NO5. The van der Waals surface area contributed by atoms with Crippen LogP contribution in [0, 0.1) is 0 Å². The van der Waals surface area contributed by atoms with E-state index in [1.54, 1.807) is 0 Å². The fourth-order valence-corrected chi connectivity index (χ4v) is 1.96. The first-order valence-corrected chi connectivity index (χ1v) is 5.72. The van der Waals surface area contributed by atoms with Crippen molar-refractivity contribution in [2.24, 2.45) is 0 Å². The zero-order chi connectivity index (χ0) is 13.1. The predicted octanol–water partition coefficient (Wildman–Crippen LogP) is 1.41. The molecule has 0 spiro atoms. The van der Waals surface area contributed by atoms with Gasteiger partial charge in [0.05, 0.1) is 12.8 Å². The lowest BCUT2D eigenvalue weighted by molar-refractivity contribution is -0.144. The first-order chi connectivity index (χ1) is 8.59. The van der Waals surface area contributed by atoms with Crippen molar-refractivity contribution < 1.29 is 23.9 Å². The number of hydrogen-bond donors (Lipinski definition) is 1. The third-order valence-electron chi connectivity index (χ3n) is 2.90. The van der Waals surface area contributed by atoms with Gasteiger partial charge >= 0.3 is 5.97 Å². The summed E-state index contributed by atoms with van der Waals surface area (Å²) in [6.07, 6.45) is 3.28. The highest BCUT2D eigenvalue weighted by Crippen LogP contribution is 2.18. The summed E-state index contributed by atoms with van der Waals surface area (Å²) in [4.78, 5) is 35.5. The Balaban J connectivity index is 2.20. The highest BCUT2D eigenvalue weighted by atomic mass is 16.4. The van der Waals surface area contributed by atoms with Crippen LogP contribution in [0.25, 0.3) is 0 Å². The zero-order valence-electron chi connectivity index (χ0n) is 9.72. The molecule has 1 N–H and O–H groups in total. The van der Waals surface area contributed by atoms with E-state index in [4.69, 9.17) is 9.52 Å². The van der Waals surface area contributed by atoms with Crippen LogP contribution in [0.5, 0.6) is 0 Å². The minimum Gasteiger partial charge on any atom is -0.475 e. The second-order valence-corrected chi connectivity index (χ2v) is 4.16. The Bertz CT molecular complexity index is 472. The van der Waals surface area contributed by atoms with E-state index < -0.39 is 5.97 Å². The van der Waals surface area contributed by atoms with Crippen molar-refractivity contribution in [3.8, 4) is 0 Å². The average molecular weight is 251 g/mol. The fourth-order valence-electron chi connectivity index (χ4n) is 1.96. The van der Waals surface area contributed by atoms with Gasteiger partial charge in [0.15, 0.2) is 0 Å². The average Bonchev–Trinajstić information content (AvgIpc) is 2.73. The molecule has 1 aromatic rings. The van der Waals surface area contributed by atoms with Crippen molar-refractivity contribution in [2.45, 2.75) is 32.2 Å². The van der Waals surface area contributed by atoms with E-state index >= 15 is 0 Å².